The lowest BCUT2D eigenvalue weighted by atomic mass is 10.0. The molecule has 7 nitrogen and oxygen atoms in total. The second kappa shape index (κ2) is 11.8. The Bertz CT molecular complexity index is 1020. The Morgan fingerprint density at radius 1 is 1.09 bits per heavy atom. The minimum absolute atomic E-state index is 0.0175. The number of thiocarbonyl (C=S) groups is 1. The molecule has 1 aliphatic rings. The van der Waals surface area contributed by atoms with Crippen LogP contribution in [0.15, 0.2) is 53.4 Å². The molecule has 1 saturated heterocycles. The van der Waals surface area contributed by atoms with Gasteiger partial charge in [0.2, 0.25) is 0 Å². The van der Waals surface area contributed by atoms with Crippen molar-refractivity contribution in [1.29, 1.82) is 0 Å². The Labute approximate surface area is 202 Å². The van der Waals surface area contributed by atoms with Crippen LogP contribution in [0.1, 0.15) is 37.4 Å². The Hall–Kier alpha value is -2.20. The van der Waals surface area contributed by atoms with Crippen LogP contribution in [0.25, 0.3) is 0 Å². The van der Waals surface area contributed by atoms with Crippen molar-refractivity contribution in [3.05, 3.63) is 54.1 Å². The lowest BCUT2D eigenvalue weighted by Gasteiger charge is -2.36. The van der Waals surface area contributed by atoms with Gasteiger partial charge in [0.1, 0.15) is 0 Å². The molecule has 4 N–H and O–H groups in total. The van der Waals surface area contributed by atoms with E-state index in [0.717, 1.165) is 58.2 Å². The van der Waals surface area contributed by atoms with Crippen LogP contribution in [-0.2, 0) is 9.84 Å². The molecule has 9 heteroatoms. The highest BCUT2D eigenvalue weighted by Gasteiger charge is 2.18. The van der Waals surface area contributed by atoms with Gasteiger partial charge in [-0.25, -0.2) is 8.42 Å². The first kappa shape index (κ1) is 25.4. The van der Waals surface area contributed by atoms with Gasteiger partial charge in [0.05, 0.1) is 16.7 Å². The fourth-order valence-corrected chi connectivity index (χ4v) is 5.13. The first-order valence-electron chi connectivity index (χ1n) is 11.3. The number of aliphatic hydroxyl groups is 1. The summed E-state index contributed by atoms with van der Waals surface area (Å²) < 4.78 is 24.0. The summed E-state index contributed by atoms with van der Waals surface area (Å²) in [6.07, 6.45) is 4.11. The monoisotopic (exact) mass is 490 g/mol. The molecule has 1 unspecified atom stereocenters. The predicted octanol–water partition coefficient (Wildman–Crippen LogP) is 3.16. The Balaban J connectivity index is 1.41. The zero-order chi connectivity index (χ0) is 23.8. The Morgan fingerprint density at radius 3 is 2.42 bits per heavy atom. The molecule has 33 heavy (non-hydrogen) atoms. The van der Waals surface area contributed by atoms with E-state index in [2.05, 4.69) is 39.4 Å². The van der Waals surface area contributed by atoms with Gasteiger partial charge in [0.25, 0.3) is 0 Å². The van der Waals surface area contributed by atoms with Crippen LogP contribution in [0.3, 0.4) is 0 Å². The van der Waals surface area contributed by atoms with Crippen molar-refractivity contribution < 1.29 is 13.5 Å². The normalized spacial score (nSPS) is 15.9. The van der Waals surface area contributed by atoms with Crippen LogP contribution in [0, 0.1) is 0 Å². The third-order valence-corrected chi connectivity index (χ3v) is 7.25. The predicted molar refractivity (Wildman–Crippen MR) is 138 cm³/mol. The molecule has 1 fully saturated rings. The Morgan fingerprint density at radius 2 is 1.79 bits per heavy atom. The summed E-state index contributed by atoms with van der Waals surface area (Å²) in [5.41, 5.74) is 7.78. The summed E-state index contributed by atoms with van der Waals surface area (Å²) in [4.78, 5) is 5.05. The van der Waals surface area contributed by atoms with Crippen molar-refractivity contribution >= 4 is 38.5 Å². The van der Waals surface area contributed by atoms with E-state index in [1.807, 2.05) is 6.07 Å². The molecule has 180 valence electrons. The van der Waals surface area contributed by atoms with E-state index in [1.165, 1.54) is 11.8 Å². The molecule has 2 aromatic carbocycles. The van der Waals surface area contributed by atoms with Crippen LogP contribution >= 0.6 is 12.2 Å². The maximum Gasteiger partial charge on any atom is 0.177 e. The maximum atomic E-state index is 12.0. The van der Waals surface area contributed by atoms with E-state index in [-0.39, 0.29) is 10.0 Å². The van der Waals surface area contributed by atoms with Crippen LogP contribution in [0.4, 0.5) is 11.4 Å². The minimum atomic E-state index is -3.44. The van der Waals surface area contributed by atoms with Crippen molar-refractivity contribution in [3.8, 4) is 0 Å². The van der Waals surface area contributed by atoms with Gasteiger partial charge < -0.3 is 21.1 Å². The van der Waals surface area contributed by atoms with Crippen molar-refractivity contribution in [2.75, 3.05) is 49.2 Å². The van der Waals surface area contributed by atoms with E-state index in [9.17, 15) is 13.5 Å². The lowest BCUT2D eigenvalue weighted by Crippen LogP contribution is -2.46. The quantitative estimate of drug-likeness (QED) is 0.345. The number of sulfone groups is 1. The van der Waals surface area contributed by atoms with Gasteiger partial charge in [-0.1, -0.05) is 37.1 Å². The van der Waals surface area contributed by atoms with Gasteiger partial charge in [-0.05, 0) is 61.4 Å². The summed E-state index contributed by atoms with van der Waals surface area (Å²) in [7, 11) is -3.44. The van der Waals surface area contributed by atoms with Crippen LogP contribution in [-0.4, -0.2) is 62.5 Å². The van der Waals surface area contributed by atoms with Crippen LogP contribution < -0.4 is 16.0 Å². The molecule has 0 radical (unpaired) electrons. The van der Waals surface area contributed by atoms with Crippen LogP contribution in [0.2, 0.25) is 0 Å². The molecule has 0 spiro atoms. The number of nitrogens with two attached hydrogens (primary N) is 1. The van der Waals surface area contributed by atoms with E-state index in [0.29, 0.717) is 17.7 Å². The molecule has 0 aromatic heterocycles. The molecule has 1 aliphatic heterocycles. The van der Waals surface area contributed by atoms with Crippen molar-refractivity contribution in [3.63, 3.8) is 0 Å². The fraction of sp³-hybridized carbons (Fsp3) is 0.458. The number of nitrogens with one attached hydrogen (secondary N) is 1. The Kier molecular flexibility index (Phi) is 9.08. The largest absolute Gasteiger partial charge is 0.388 e. The summed E-state index contributed by atoms with van der Waals surface area (Å²) >= 11 is 4.86. The number of para-hydroxylation sites is 1. The van der Waals surface area contributed by atoms with Crippen molar-refractivity contribution in [2.45, 2.75) is 36.7 Å². The first-order chi connectivity index (χ1) is 15.7. The van der Waals surface area contributed by atoms with E-state index >= 15 is 0 Å². The molecule has 1 heterocycles. The highest BCUT2D eigenvalue weighted by atomic mass is 32.2. The number of hydrogen-bond acceptors (Lipinski definition) is 6. The maximum absolute atomic E-state index is 12.0. The van der Waals surface area contributed by atoms with Gasteiger partial charge in [0.15, 0.2) is 14.9 Å². The SMILES string of the molecule is CS(=O)(=O)c1ccc(C(O)CCCCCN2CCN(c3ccccc3)CC2)cc1NC(N)=S. The smallest absolute Gasteiger partial charge is 0.177 e. The molecule has 1 atom stereocenters. The van der Waals surface area contributed by atoms with E-state index in [4.69, 9.17) is 18.0 Å². The number of hydrogen-bond donors (Lipinski definition) is 3. The number of benzene rings is 2. The number of rotatable bonds is 10. The number of unbranched alkanes of at least 4 members (excludes halogenated alkanes) is 2. The molecule has 0 amide bonds. The van der Waals surface area contributed by atoms with Gasteiger partial charge in [-0.15, -0.1) is 0 Å². The second-order valence-corrected chi connectivity index (χ2v) is 11.0. The molecule has 0 aliphatic carbocycles. The van der Waals surface area contributed by atoms with E-state index in [1.54, 1.807) is 12.1 Å². The summed E-state index contributed by atoms with van der Waals surface area (Å²) in [6, 6.07) is 15.3. The van der Waals surface area contributed by atoms with Gasteiger partial charge in [-0.2, -0.15) is 0 Å². The first-order valence-corrected chi connectivity index (χ1v) is 13.6. The summed E-state index contributed by atoms with van der Waals surface area (Å²) in [5.74, 6) is 0. The second-order valence-electron chi connectivity index (χ2n) is 8.55. The lowest BCUT2D eigenvalue weighted by molar-refractivity contribution is 0.162. The zero-order valence-electron chi connectivity index (χ0n) is 19.1. The molecule has 0 bridgehead atoms. The average Bonchev–Trinajstić information content (AvgIpc) is 2.78. The summed E-state index contributed by atoms with van der Waals surface area (Å²) in [5, 5.41) is 13.3. The van der Waals surface area contributed by atoms with Gasteiger partial charge in [-0.3, -0.25) is 4.90 Å². The number of anilines is 2. The molecule has 0 saturated carbocycles. The molecule has 3 rings (SSSR count). The minimum Gasteiger partial charge on any atom is -0.388 e. The van der Waals surface area contributed by atoms with Crippen molar-refractivity contribution in [2.24, 2.45) is 5.73 Å². The van der Waals surface area contributed by atoms with E-state index < -0.39 is 15.9 Å². The molecule has 2 aromatic rings. The number of piperazine rings is 1. The number of nitrogens with zero attached hydrogens (tertiary/aromatic N) is 2. The third kappa shape index (κ3) is 7.67. The average molecular weight is 491 g/mol. The van der Waals surface area contributed by atoms with Crippen LogP contribution in [0.5, 0.6) is 0 Å². The topological polar surface area (TPSA) is 98.9 Å². The standard InChI is InChI=1S/C24H34N4O3S2/c1-33(30,31)23-12-11-19(18-21(23)26-24(25)32)22(29)10-6-3-7-13-27-14-16-28(17-15-27)20-8-4-2-5-9-20/h2,4-5,8-9,11-12,18,22,29H,3,6-7,10,13-17H2,1H3,(H3,25,26,32). The third-order valence-electron chi connectivity index (χ3n) is 5.99. The molecular weight excluding hydrogens is 456 g/mol. The van der Waals surface area contributed by atoms with Gasteiger partial charge in [0, 0.05) is 38.1 Å². The number of aliphatic hydroxyl groups excluding tert-OH is 1. The highest BCUT2D eigenvalue weighted by molar-refractivity contribution is 7.90. The fourth-order valence-electron chi connectivity index (χ4n) is 4.19. The summed E-state index contributed by atoms with van der Waals surface area (Å²) in [6.45, 7) is 5.32. The highest BCUT2D eigenvalue weighted by Crippen LogP contribution is 2.28. The zero-order valence-corrected chi connectivity index (χ0v) is 20.7. The van der Waals surface area contributed by atoms with Gasteiger partial charge >= 0.3 is 0 Å². The van der Waals surface area contributed by atoms with Crippen molar-refractivity contribution in [1.82, 2.24) is 4.90 Å². The molecular formula is C24H34N4O3S2.